The van der Waals surface area contributed by atoms with E-state index in [9.17, 15) is 4.79 Å². The summed E-state index contributed by atoms with van der Waals surface area (Å²) in [5.41, 5.74) is 1.11. The monoisotopic (exact) mass is 365 g/mol. The van der Waals surface area contributed by atoms with Gasteiger partial charge in [-0.3, -0.25) is 4.79 Å². The van der Waals surface area contributed by atoms with Gasteiger partial charge in [0.1, 0.15) is 0 Å². The lowest BCUT2D eigenvalue weighted by Gasteiger charge is -2.09. The standard InChI is InChI=1S/C21H13Cl2NO/c22-17-6-8-19(20(23)12-17)21(25)24-18-7-5-15-9-13-3-1-2-4-14(13)10-16(15)11-18/h1-12H,(H,24,25). The summed E-state index contributed by atoms with van der Waals surface area (Å²) in [4.78, 5) is 12.5. The summed E-state index contributed by atoms with van der Waals surface area (Å²) in [7, 11) is 0. The van der Waals surface area contributed by atoms with Gasteiger partial charge < -0.3 is 5.32 Å². The van der Waals surface area contributed by atoms with E-state index in [1.54, 1.807) is 18.2 Å². The Morgan fingerprint density at radius 3 is 2.12 bits per heavy atom. The van der Waals surface area contributed by atoms with Gasteiger partial charge >= 0.3 is 0 Å². The van der Waals surface area contributed by atoms with Crippen LogP contribution in [0.3, 0.4) is 0 Å². The molecule has 0 atom stereocenters. The van der Waals surface area contributed by atoms with Crippen LogP contribution in [0.25, 0.3) is 21.5 Å². The number of fused-ring (bicyclic) bond motifs is 2. The molecule has 0 radical (unpaired) electrons. The van der Waals surface area contributed by atoms with Crippen molar-refractivity contribution in [1.82, 2.24) is 0 Å². The molecule has 0 aromatic heterocycles. The second-order valence-electron chi connectivity index (χ2n) is 5.84. The molecule has 0 bridgehead atoms. The Morgan fingerprint density at radius 2 is 1.40 bits per heavy atom. The number of benzene rings is 4. The molecule has 4 rings (SSSR count). The van der Waals surface area contributed by atoms with Gasteiger partial charge in [0.15, 0.2) is 0 Å². The molecule has 0 unspecified atom stereocenters. The zero-order valence-corrected chi connectivity index (χ0v) is 14.6. The van der Waals surface area contributed by atoms with E-state index in [2.05, 4.69) is 29.6 Å². The zero-order valence-electron chi connectivity index (χ0n) is 13.1. The van der Waals surface area contributed by atoms with Crippen molar-refractivity contribution in [1.29, 1.82) is 0 Å². The second kappa shape index (κ2) is 6.40. The van der Waals surface area contributed by atoms with Crippen molar-refractivity contribution in [3.05, 3.63) is 88.4 Å². The fourth-order valence-electron chi connectivity index (χ4n) is 2.89. The quantitative estimate of drug-likeness (QED) is 0.400. The summed E-state index contributed by atoms with van der Waals surface area (Å²) in [5, 5.41) is 8.28. The maximum Gasteiger partial charge on any atom is 0.257 e. The van der Waals surface area contributed by atoms with Gasteiger partial charge in [-0.2, -0.15) is 0 Å². The van der Waals surface area contributed by atoms with Gasteiger partial charge in [-0.05, 0) is 64.0 Å². The van der Waals surface area contributed by atoms with Crippen LogP contribution in [0.15, 0.2) is 72.8 Å². The molecule has 2 nitrogen and oxygen atoms in total. The van der Waals surface area contributed by atoms with Crippen molar-refractivity contribution >= 4 is 56.3 Å². The van der Waals surface area contributed by atoms with E-state index >= 15 is 0 Å². The molecular weight excluding hydrogens is 353 g/mol. The summed E-state index contributed by atoms with van der Waals surface area (Å²) < 4.78 is 0. The molecule has 1 amide bonds. The largest absolute Gasteiger partial charge is 0.322 e. The Morgan fingerprint density at radius 1 is 0.720 bits per heavy atom. The third-order valence-corrected chi connectivity index (χ3v) is 4.69. The minimum Gasteiger partial charge on any atom is -0.322 e. The molecule has 0 saturated carbocycles. The summed E-state index contributed by atoms with van der Waals surface area (Å²) in [6.07, 6.45) is 0. The van der Waals surface area contributed by atoms with Crippen LogP contribution in [0.5, 0.6) is 0 Å². The third kappa shape index (κ3) is 3.19. The van der Waals surface area contributed by atoms with E-state index in [0.717, 1.165) is 16.5 Å². The fraction of sp³-hybridized carbons (Fsp3) is 0. The Bertz CT molecular complexity index is 1120. The number of hydrogen-bond acceptors (Lipinski definition) is 1. The highest BCUT2D eigenvalue weighted by Crippen LogP contribution is 2.26. The molecule has 0 aliphatic heterocycles. The van der Waals surface area contributed by atoms with Crippen LogP contribution < -0.4 is 5.32 Å². The highest BCUT2D eigenvalue weighted by molar-refractivity contribution is 6.37. The van der Waals surface area contributed by atoms with E-state index in [4.69, 9.17) is 23.2 Å². The molecule has 0 saturated heterocycles. The Labute approximate surface area is 155 Å². The molecular formula is C21H13Cl2NO. The first-order chi connectivity index (χ1) is 12.1. The number of carbonyl (C=O) groups is 1. The van der Waals surface area contributed by atoms with Crippen molar-refractivity contribution < 1.29 is 4.79 Å². The number of anilines is 1. The summed E-state index contributed by atoms with van der Waals surface area (Å²) >= 11 is 12.0. The van der Waals surface area contributed by atoms with E-state index in [-0.39, 0.29) is 5.91 Å². The van der Waals surface area contributed by atoms with E-state index in [1.165, 1.54) is 10.8 Å². The SMILES string of the molecule is O=C(Nc1ccc2cc3ccccc3cc2c1)c1ccc(Cl)cc1Cl. The van der Waals surface area contributed by atoms with Gasteiger partial charge in [0, 0.05) is 10.7 Å². The smallest absolute Gasteiger partial charge is 0.257 e. The average Bonchev–Trinajstić information content (AvgIpc) is 2.59. The van der Waals surface area contributed by atoms with Gasteiger partial charge in [-0.25, -0.2) is 0 Å². The van der Waals surface area contributed by atoms with Crippen LogP contribution in [0.4, 0.5) is 5.69 Å². The summed E-state index contributed by atoms with van der Waals surface area (Å²) in [6, 6.07) is 23.2. The van der Waals surface area contributed by atoms with Gasteiger partial charge in [0.05, 0.1) is 10.6 Å². The lowest BCUT2D eigenvalue weighted by Crippen LogP contribution is -2.12. The Kier molecular flexibility index (Phi) is 4.08. The van der Waals surface area contributed by atoms with E-state index in [1.807, 2.05) is 30.3 Å². The van der Waals surface area contributed by atoms with Gasteiger partial charge in [0.25, 0.3) is 5.91 Å². The number of nitrogens with one attached hydrogen (secondary N) is 1. The lowest BCUT2D eigenvalue weighted by atomic mass is 10.0. The van der Waals surface area contributed by atoms with Crippen LogP contribution in [-0.2, 0) is 0 Å². The third-order valence-electron chi connectivity index (χ3n) is 4.14. The minimum absolute atomic E-state index is 0.262. The van der Waals surface area contributed by atoms with E-state index < -0.39 is 0 Å². The maximum absolute atomic E-state index is 12.5. The van der Waals surface area contributed by atoms with Crippen LogP contribution >= 0.6 is 23.2 Å². The number of halogens is 2. The number of amides is 1. The summed E-state index contributed by atoms with van der Waals surface area (Å²) in [6.45, 7) is 0. The molecule has 0 fully saturated rings. The molecule has 25 heavy (non-hydrogen) atoms. The molecule has 0 aliphatic carbocycles. The van der Waals surface area contributed by atoms with E-state index in [0.29, 0.717) is 15.6 Å². The molecule has 0 aliphatic rings. The normalized spacial score (nSPS) is 11.0. The van der Waals surface area contributed by atoms with Crippen LogP contribution in [-0.4, -0.2) is 5.91 Å². The predicted octanol–water partition coefficient (Wildman–Crippen LogP) is 6.55. The fourth-order valence-corrected chi connectivity index (χ4v) is 3.38. The molecule has 4 heteroatoms. The Balaban J connectivity index is 1.69. The highest BCUT2D eigenvalue weighted by Gasteiger charge is 2.11. The summed E-state index contributed by atoms with van der Waals surface area (Å²) in [5.74, 6) is -0.262. The van der Waals surface area contributed by atoms with Crippen LogP contribution in [0.2, 0.25) is 10.0 Å². The molecule has 0 heterocycles. The molecule has 4 aromatic carbocycles. The highest BCUT2D eigenvalue weighted by atomic mass is 35.5. The van der Waals surface area contributed by atoms with Crippen LogP contribution in [0.1, 0.15) is 10.4 Å². The molecule has 122 valence electrons. The number of carbonyl (C=O) groups excluding carboxylic acids is 1. The van der Waals surface area contributed by atoms with Gasteiger partial charge in [0.2, 0.25) is 0 Å². The maximum atomic E-state index is 12.5. The number of rotatable bonds is 2. The number of hydrogen-bond donors (Lipinski definition) is 1. The van der Waals surface area contributed by atoms with Gasteiger partial charge in [-0.1, -0.05) is 53.5 Å². The second-order valence-corrected chi connectivity index (χ2v) is 6.68. The van der Waals surface area contributed by atoms with Crippen molar-refractivity contribution in [3.8, 4) is 0 Å². The molecule has 1 N–H and O–H groups in total. The minimum atomic E-state index is -0.262. The lowest BCUT2D eigenvalue weighted by molar-refractivity contribution is 0.102. The first-order valence-corrected chi connectivity index (χ1v) is 8.55. The van der Waals surface area contributed by atoms with Gasteiger partial charge in [-0.15, -0.1) is 0 Å². The topological polar surface area (TPSA) is 29.1 Å². The zero-order chi connectivity index (χ0) is 17.4. The average molecular weight is 366 g/mol. The predicted molar refractivity (Wildman–Crippen MR) is 106 cm³/mol. The molecule has 0 spiro atoms. The van der Waals surface area contributed by atoms with Crippen molar-refractivity contribution in [2.75, 3.05) is 5.32 Å². The first kappa shape index (κ1) is 15.9. The Hall–Kier alpha value is -2.55. The van der Waals surface area contributed by atoms with Crippen LogP contribution in [0, 0.1) is 0 Å². The molecule has 4 aromatic rings. The van der Waals surface area contributed by atoms with Crippen molar-refractivity contribution in [2.24, 2.45) is 0 Å². The van der Waals surface area contributed by atoms with Crippen molar-refractivity contribution in [3.63, 3.8) is 0 Å². The van der Waals surface area contributed by atoms with Crippen molar-refractivity contribution in [2.45, 2.75) is 0 Å². The first-order valence-electron chi connectivity index (χ1n) is 7.79.